The highest BCUT2D eigenvalue weighted by Gasteiger charge is 1.92. The first-order chi connectivity index (χ1) is 9.31. The van der Waals surface area contributed by atoms with E-state index in [1.807, 2.05) is 48.5 Å². The molecule has 0 atom stereocenters. The molecule has 0 bridgehead atoms. The Labute approximate surface area is 114 Å². The molecule has 19 heavy (non-hydrogen) atoms. The van der Waals surface area contributed by atoms with E-state index in [0.717, 1.165) is 23.5 Å². The Morgan fingerprint density at radius 1 is 0.789 bits per heavy atom. The molecule has 2 aromatic carbocycles. The molecule has 0 amide bonds. The number of benzene rings is 2. The van der Waals surface area contributed by atoms with Crippen LogP contribution in [0.1, 0.15) is 11.1 Å². The highest BCUT2D eigenvalue weighted by Crippen LogP contribution is 2.12. The van der Waals surface area contributed by atoms with E-state index in [-0.39, 0.29) is 0 Å². The highest BCUT2D eigenvalue weighted by atomic mass is 16.5. The van der Waals surface area contributed by atoms with Crippen LogP contribution in [0.2, 0.25) is 0 Å². The molecule has 2 nitrogen and oxygen atoms in total. The van der Waals surface area contributed by atoms with Gasteiger partial charge in [-0.05, 0) is 42.0 Å². The van der Waals surface area contributed by atoms with Gasteiger partial charge in [-0.2, -0.15) is 0 Å². The van der Waals surface area contributed by atoms with Gasteiger partial charge in [0.05, 0.1) is 14.2 Å². The molecule has 0 aliphatic rings. The minimum atomic E-state index is 0.732. The van der Waals surface area contributed by atoms with Crippen molar-refractivity contribution in [2.75, 3.05) is 14.2 Å². The maximum atomic E-state index is 5.12. The molecule has 0 aliphatic heterocycles. The van der Waals surface area contributed by atoms with Gasteiger partial charge in [-0.1, -0.05) is 24.0 Å². The van der Waals surface area contributed by atoms with Crippen molar-refractivity contribution < 1.29 is 9.47 Å². The molecule has 0 saturated heterocycles. The summed E-state index contributed by atoms with van der Waals surface area (Å²) in [6, 6.07) is 15.7. The average molecular weight is 252 g/mol. The molecule has 0 spiro atoms. The molecule has 0 aromatic heterocycles. The van der Waals surface area contributed by atoms with Crippen LogP contribution in [0.3, 0.4) is 0 Å². The maximum absolute atomic E-state index is 5.12. The van der Waals surface area contributed by atoms with Gasteiger partial charge in [-0.15, -0.1) is 0 Å². The molecule has 2 rings (SSSR count). The van der Waals surface area contributed by atoms with Crippen LogP contribution in [0.25, 0.3) is 0 Å². The zero-order chi connectivity index (χ0) is 13.5. The van der Waals surface area contributed by atoms with Crippen molar-refractivity contribution in [1.82, 2.24) is 0 Å². The van der Waals surface area contributed by atoms with Crippen molar-refractivity contribution in [2.24, 2.45) is 0 Å². The Bertz CT molecular complexity index is 571. The lowest BCUT2D eigenvalue weighted by atomic mass is 10.1. The molecule has 96 valence electrons. The fourth-order valence-corrected chi connectivity index (χ4v) is 1.67. The quantitative estimate of drug-likeness (QED) is 0.780. The van der Waals surface area contributed by atoms with Gasteiger partial charge in [0.2, 0.25) is 0 Å². The number of rotatable bonds is 3. The summed E-state index contributed by atoms with van der Waals surface area (Å²) in [5.74, 6) is 8.01. The molecule has 0 N–H and O–H groups in total. The molecule has 0 fully saturated rings. The summed E-state index contributed by atoms with van der Waals surface area (Å²) in [6.07, 6.45) is 0.732. The van der Waals surface area contributed by atoms with Crippen LogP contribution in [0.4, 0.5) is 0 Å². The Hall–Kier alpha value is -2.40. The predicted octanol–water partition coefficient (Wildman–Crippen LogP) is 3.30. The maximum Gasteiger partial charge on any atom is 0.118 e. The van der Waals surface area contributed by atoms with E-state index in [4.69, 9.17) is 9.47 Å². The number of hydrogen-bond donors (Lipinski definition) is 0. The van der Waals surface area contributed by atoms with Crippen LogP contribution in [-0.4, -0.2) is 14.2 Å². The van der Waals surface area contributed by atoms with Crippen LogP contribution in [-0.2, 0) is 6.42 Å². The van der Waals surface area contributed by atoms with E-state index in [9.17, 15) is 0 Å². The van der Waals surface area contributed by atoms with Gasteiger partial charge < -0.3 is 9.47 Å². The minimum Gasteiger partial charge on any atom is -0.497 e. The lowest BCUT2D eigenvalue weighted by Crippen LogP contribution is -1.85. The topological polar surface area (TPSA) is 18.5 Å². The van der Waals surface area contributed by atoms with E-state index in [1.165, 1.54) is 5.56 Å². The first kappa shape index (κ1) is 13.0. The second kappa shape index (κ2) is 6.51. The van der Waals surface area contributed by atoms with Gasteiger partial charge in [-0.25, -0.2) is 0 Å². The summed E-state index contributed by atoms with van der Waals surface area (Å²) in [7, 11) is 3.32. The third-order valence-electron chi connectivity index (χ3n) is 2.77. The summed E-state index contributed by atoms with van der Waals surface area (Å²) < 4.78 is 10.2. The lowest BCUT2D eigenvalue weighted by molar-refractivity contribution is 0.414. The molecule has 0 aliphatic carbocycles. The zero-order valence-electron chi connectivity index (χ0n) is 11.1. The van der Waals surface area contributed by atoms with Crippen LogP contribution in [0.15, 0.2) is 48.5 Å². The standard InChI is InChI=1S/C17H16O2/c1-18-16-10-6-14(7-11-16)4-3-5-15-8-12-17(19-2)13-9-15/h6-13H,4H2,1-2H3. The van der Waals surface area contributed by atoms with E-state index < -0.39 is 0 Å². The Morgan fingerprint density at radius 3 is 1.84 bits per heavy atom. The zero-order valence-corrected chi connectivity index (χ0v) is 11.1. The first-order valence-electron chi connectivity index (χ1n) is 6.07. The van der Waals surface area contributed by atoms with Crippen LogP contribution >= 0.6 is 0 Å². The van der Waals surface area contributed by atoms with Gasteiger partial charge in [-0.3, -0.25) is 0 Å². The highest BCUT2D eigenvalue weighted by molar-refractivity contribution is 5.39. The lowest BCUT2D eigenvalue weighted by Gasteiger charge is -1.99. The molecule has 2 heteroatoms. The van der Waals surface area contributed by atoms with Crippen molar-refractivity contribution in [3.63, 3.8) is 0 Å². The van der Waals surface area contributed by atoms with Gasteiger partial charge in [0.15, 0.2) is 0 Å². The van der Waals surface area contributed by atoms with Crippen molar-refractivity contribution >= 4 is 0 Å². The Kier molecular flexibility index (Phi) is 4.47. The van der Waals surface area contributed by atoms with E-state index >= 15 is 0 Å². The largest absolute Gasteiger partial charge is 0.497 e. The van der Waals surface area contributed by atoms with E-state index in [0.29, 0.717) is 0 Å². The number of ether oxygens (including phenoxy) is 2. The minimum absolute atomic E-state index is 0.732. The van der Waals surface area contributed by atoms with Crippen LogP contribution < -0.4 is 9.47 Å². The molecule has 0 saturated carbocycles. The normalized spacial score (nSPS) is 9.37. The molecule has 0 heterocycles. The monoisotopic (exact) mass is 252 g/mol. The van der Waals surface area contributed by atoms with Crippen molar-refractivity contribution in [3.8, 4) is 23.3 Å². The van der Waals surface area contributed by atoms with Crippen molar-refractivity contribution in [3.05, 3.63) is 59.7 Å². The smallest absolute Gasteiger partial charge is 0.118 e. The van der Waals surface area contributed by atoms with Gasteiger partial charge >= 0.3 is 0 Å². The van der Waals surface area contributed by atoms with E-state index in [2.05, 4.69) is 11.8 Å². The fourth-order valence-electron chi connectivity index (χ4n) is 1.67. The summed E-state index contributed by atoms with van der Waals surface area (Å²) in [5.41, 5.74) is 2.18. The number of methoxy groups -OCH3 is 2. The Morgan fingerprint density at radius 2 is 1.32 bits per heavy atom. The average Bonchev–Trinajstić information content (AvgIpc) is 2.49. The van der Waals surface area contributed by atoms with Crippen molar-refractivity contribution in [1.29, 1.82) is 0 Å². The van der Waals surface area contributed by atoms with Gasteiger partial charge in [0.1, 0.15) is 11.5 Å². The third kappa shape index (κ3) is 3.79. The molecule has 2 aromatic rings. The molecule has 0 radical (unpaired) electrons. The fraction of sp³-hybridized carbons (Fsp3) is 0.176. The SMILES string of the molecule is COc1ccc(C#CCc2ccc(OC)cc2)cc1. The summed E-state index contributed by atoms with van der Waals surface area (Å²) >= 11 is 0. The predicted molar refractivity (Wildman–Crippen MR) is 76.6 cm³/mol. The second-order valence-corrected chi connectivity index (χ2v) is 4.06. The third-order valence-corrected chi connectivity index (χ3v) is 2.77. The number of hydrogen-bond acceptors (Lipinski definition) is 2. The summed E-state index contributed by atoms with van der Waals surface area (Å²) in [4.78, 5) is 0. The van der Waals surface area contributed by atoms with Gasteiger partial charge in [0.25, 0.3) is 0 Å². The molecular weight excluding hydrogens is 236 g/mol. The van der Waals surface area contributed by atoms with Crippen LogP contribution in [0.5, 0.6) is 11.5 Å². The van der Waals surface area contributed by atoms with Crippen molar-refractivity contribution in [2.45, 2.75) is 6.42 Å². The molecular formula is C17H16O2. The van der Waals surface area contributed by atoms with Crippen LogP contribution in [0, 0.1) is 11.8 Å². The summed E-state index contributed by atoms with van der Waals surface area (Å²) in [6.45, 7) is 0. The molecule has 0 unspecified atom stereocenters. The second-order valence-electron chi connectivity index (χ2n) is 4.06. The van der Waals surface area contributed by atoms with E-state index in [1.54, 1.807) is 14.2 Å². The first-order valence-corrected chi connectivity index (χ1v) is 6.07. The summed E-state index contributed by atoms with van der Waals surface area (Å²) in [5, 5.41) is 0. The Balaban J connectivity index is 1.99. The van der Waals surface area contributed by atoms with Gasteiger partial charge in [0, 0.05) is 12.0 Å².